The van der Waals surface area contributed by atoms with Crippen molar-refractivity contribution in [3.05, 3.63) is 46.7 Å². The van der Waals surface area contributed by atoms with Gasteiger partial charge in [-0.2, -0.15) is 18.3 Å². The zero-order chi connectivity index (χ0) is 25.1. The number of hydrogen-bond acceptors (Lipinski definition) is 6. The molecule has 4 heterocycles. The molecule has 36 heavy (non-hydrogen) atoms. The number of carbonyl (C=O) groups excluding carboxylic acids is 1. The van der Waals surface area contributed by atoms with E-state index in [-0.39, 0.29) is 17.1 Å². The first-order valence-corrected chi connectivity index (χ1v) is 13.3. The average molecular weight is 522 g/mol. The zero-order valence-corrected chi connectivity index (χ0v) is 20.8. The molecule has 1 aliphatic carbocycles. The molecule has 2 aliphatic rings. The van der Waals surface area contributed by atoms with E-state index < -0.39 is 12.8 Å². The van der Waals surface area contributed by atoms with Crippen LogP contribution < -0.4 is 10.1 Å². The number of halogens is 3. The normalized spacial score (nSPS) is 21.2. The van der Waals surface area contributed by atoms with Crippen LogP contribution in [0, 0.1) is 5.92 Å². The molecule has 1 fully saturated rings. The van der Waals surface area contributed by atoms with Gasteiger partial charge in [-0.3, -0.25) is 4.79 Å². The molecule has 7 nitrogen and oxygen atoms in total. The largest absolute Gasteiger partial charge is 0.460 e. The second-order valence-corrected chi connectivity index (χ2v) is 10.7. The molecule has 0 radical (unpaired) electrons. The minimum atomic E-state index is -4.35. The highest BCUT2D eigenvalue weighted by atomic mass is 32.1. The van der Waals surface area contributed by atoms with Crippen molar-refractivity contribution in [1.82, 2.24) is 24.8 Å². The van der Waals surface area contributed by atoms with Gasteiger partial charge in [-0.25, -0.2) is 9.50 Å². The summed E-state index contributed by atoms with van der Waals surface area (Å²) < 4.78 is 43.7. The Morgan fingerprint density at radius 2 is 1.97 bits per heavy atom. The Labute approximate surface area is 211 Å². The van der Waals surface area contributed by atoms with Crippen LogP contribution in [-0.2, 0) is 12.8 Å². The fourth-order valence-corrected chi connectivity index (χ4v) is 6.13. The van der Waals surface area contributed by atoms with Crippen molar-refractivity contribution in [2.24, 2.45) is 5.92 Å². The van der Waals surface area contributed by atoms with Gasteiger partial charge in [0.05, 0.1) is 23.0 Å². The molecule has 1 N–H and O–H groups in total. The smallest absolute Gasteiger partial charge is 0.422 e. The number of carbonyl (C=O) groups is 1. The summed E-state index contributed by atoms with van der Waals surface area (Å²) in [6, 6.07) is 5.73. The van der Waals surface area contributed by atoms with Gasteiger partial charge in [0.2, 0.25) is 0 Å². The summed E-state index contributed by atoms with van der Waals surface area (Å²) >= 11 is 1.24. The molecule has 1 saturated carbocycles. The summed E-state index contributed by atoms with van der Waals surface area (Å²) in [6.07, 6.45) is 6.02. The molecule has 0 saturated heterocycles. The number of fused-ring (bicyclic) bond motifs is 2. The van der Waals surface area contributed by atoms with Crippen molar-refractivity contribution in [1.29, 1.82) is 0 Å². The van der Waals surface area contributed by atoms with Gasteiger partial charge >= 0.3 is 6.18 Å². The maximum absolute atomic E-state index is 12.8. The van der Waals surface area contributed by atoms with Crippen LogP contribution in [0.2, 0.25) is 0 Å². The van der Waals surface area contributed by atoms with E-state index in [2.05, 4.69) is 20.3 Å². The van der Waals surface area contributed by atoms with E-state index in [1.54, 1.807) is 10.7 Å². The fourth-order valence-electron chi connectivity index (χ4n) is 5.18. The number of thiazole rings is 1. The summed E-state index contributed by atoms with van der Waals surface area (Å²) in [6.45, 7) is 1.47. The Balaban J connectivity index is 1.03. The van der Waals surface area contributed by atoms with E-state index >= 15 is 0 Å². The highest BCUT2D eigenvalue weighted by molar-refractivity contribution is 7.13. The minimum Gasteiger partial charge on any atom is -0.460 e. The van der Waals surface area contributed by atoms with Gasteiger partial charge in [-0.15, -0.1) is 0 Å². The summed E-state index contributed by atoms with van der Waals surface area (Å²) in [7, 11) is 0. The van der Waals surface area contributed by atoms with Gasteiger partial charge in [-0.1, -0.05) is 11.3 Å². The Morgan fingerprint density at radius 3 is 2.78 bits per heavy atom. The predicted molar refractivity (Wildman–Crippen MR) is 131 cm³/mol. The SMILES string of the molecule is O=C(N[C@H]1CC[C@H](CCN2CCc3nc(OCC(F)(F)F)sc3CC2)CC1)c1cccn2nccc12. The van der Waals surface area contributed by atoms with E-state index in [0.717, 1.165) is 80.7 Å². The topological polar surface area (TPSA) is 71.8 Å². The van der Waals surface area contributed by atoms with E-state index in [9.17, 15) is 18.0 Å². The second-order valence-electron chi connectivity index (χ2n) is 9.66. The Morgan fingerprint density at radius 1 is 1.17 bits per heavy atom. The van der Waals surface area contributed by atoms with E-state index in [0.29, 0.717) is 11.5 Å². The number of alkyl halides is 3. The third-order valence-corrected chi connectivity index (χ3v) is 8.22. The minimum absolute atomic E-state index is 0.0397. The average Bonchev–Trinajstić information content (AvgIpc) is 3.45. The number of pyridine rings is 1. The third kappa shape index (κ3) is 6.18. The number of hydrogen-bond donors (Lipinski definition) is 1. The first-order valence-electron chi connectivity index (χ1n) is 12.5. The molecule has 5 rings (SSSR count). The van der Waals surface area contributed by atoms with E-state index in [1.807, 2.05) is 24.4 Å². The first-order chi connectivity index (χ1) is 17.3. The molecule has 1 amide bonds. The molecular formula is C25H30F3N5O2S. The Kier molecular flexibility index (Phi) is 7.47. The molecule has 194 valence electrons. The number of nitrogens with one attached hydrogen (secondary N) is 1. The van der Waals surface area contributed by atoms with Gasteiger partial charge in [0.15, 0.2) is 6.61 Å². The zero-order valence-electron chi connectivity index (χ0n) is 20.0. The van der Waals surface area contributed by atoms with Crippen LogP contribution in [0.25, 0.3) is 5.52 Å². The standard InChI is InChI=1S/C25H30F3N5O2S/c26-25(27,28)16-35-24-31-20-9-14-32(15-10-22(20)36-24)13-8-17-3-5-18(6-4-17)30-23(34)19-2-1-12-33-21(19)7-11-29-33/h1-2,7,11-12,17-18H,3-6,8-10,13-16H2,(H,30,34)/t17-,18-. The van der Waals surface area contributed by atoms with Crippen molar-refractivity contribution in [3.8, 4) is 5.19 Å². The van der Waals surface area contributed by atoms with Crippen molar-refractivity contribution in [2.45, 2.75) is 57.2 Å². The third-order valence-electron chi connectivity index (χ3n) is 7.15. The molecule has 11 heteroatoms. The predicted octanol–water partition coefficient (Wildman–Crippen LogP) is 4.51. The van der Waals surface area contributed by atoms with Crippen molar-refractivity contribution in [2.75, 3.05) is 26.2 Å². The molecular weight excluding hydrogens is 491 g/mol. The number of rotatable bonds is 7. The molecule has 1 aliphatic heterocycles. The van der Waals surface area contributed by atoms with Crippen LogP contribution in [0.4, 0.5) is 13.2 Å². The second kappa shape index (κ2) is 10.8. The summed E-state index contributed by atoms with van der Waals surface area (Å²) in [5.41, 5.74) is 2.35. The molecule has 0 spiro atoms. The molecule has 0 aromatic carbocycles. The van der Waals surface area contributed by atoms with E-state index in [1.165, 1.54) is 11.3 Å². The van der Waals surface area contributed by atoms with Gasteiger partial charge in [0, 0.05) is 36.6 Å². The van der Waals surface area contributed by atoms with Crippen LogP contribution >= 0.6 is 11.3 Å². The number of nitrogens with zero attached hydrogens (tertiary/aromatic N) is 4. The molecule has 3 aromatic heterocycles. The van der Waals surface area contributed by atoms with Crippen molar-refractivity contribution < 1.29 is 22.7 Å². The van der Waals surface area contributed by atoms with Gasteiger partial charge in [0.1, 0.15) is 0 Å². The van der Waals surface area contributed by atoms with Crippen molar-refractivity contribution >= 4 is 22.8 Å². The number of aromatic nitrogens is 3. The Bertz CT molecular complexity index is 1160. The fraction of sp³-hybridized carbons (Fsp3) is 0.560. The monoisotopic (exact) mass is 521 g/mol. The molecule has 0 atom stereocenters. The summed E-state index contributed by atoms with van der Waals surface area (Å²) in [5.74, 6) is 0.608. The molecule has 3 aromatic rings. The lowest BCUT2D eigenvalue weighted by Crippen LogP contribution is -2.38. The van der Waals surface area contributed by atoms with Crippen molar-refractivity contribution in [3.63, 3.8) is 0 Å². The highest BCUT2D eigenvalue weighted by Gasteiger charge is 2.30. The quantitative estimate of drug-likeness (QED) is 0.495. The lowest BCUT2D eigenvalue weighted by atomic mass is 9.84. The van der Waals surface area contributed by atoms with E-state index in [4.69, 9.17) is 4.74 Å². The maximum atomic E-state index is 12.8. The van der Waals surface area contributed by atoms with Crippen LogP contribution in [0.1, 0.15) is 53.0 Å². The number of ether oxygens (including phenoxy) is 1. The first kappa shape index (κ1) is 25.0. The summed E-state index contributed by atoms with van der Waals surface area (Å²) in [4.78, 5) is 20.6. The Hall–Kier alpha value is -2.66. The van der Waals surface area contributed by atoms with Crippen LogP contribution in [0.15, 0.2) is 30.6 Å². The highest BCUT2D eigenvalue weighted by Crippen LogP contribution is 2.31. The molecule has 0 unspecified atom stereocenters. The number of amides is 1. The lowest BCUT2D eigenvalue weighted by molar-refractivity contribution is -0.153. The summed E-state index contributed by atoms with van der Waals surface area (Å²) in [5, 5.41) is 7.53. The van der Waals surface area contributed by atoms with Crippen LogP contribution in [-0.4, -0.2) is 63.9 Å². The van der Waals surface area contributed by atoms with Gasteiger partial charge < -0.3 is 15.0 Å². The van der Waals surface area contributed by atoms with Crippen LogP contribution in [0.5, 0.6) is 5.19 Å². The lowest BCUT2D eigenvalue weighted by Gasteiger charge is -2.30. The van der Waals surface area contributed by atoms with Crippen LogP contribution in [0.3, 0.4) is 0 Å². The van der Waals surface area contributed by atoms with Gasteiger partial charge in [0.25, 0.3) is 11.1 Å². The molecule has 0 bridgehead atoms. The maximum Gasteiger partial charge on any atom is 0.422 e. The van der Waals surface area contributed by atoms with Gasteiger partial charge in [-0.05, 0) is 69.2 Å².